The van der Waals surface area contributed by atoms with Gasteiger partial charge in [0.2, 0.25) is 10.0 Å². The molecule has 1 fully saturated rings. The molecule has 1 atom stereocenters. The molecule has 0 radical (unpaired) electrons. The highest BCUT2D eigenvalue weighted by Crippen LogP contribution is 2.17. The smallest absolute Gasteiger partial charge is 0.217 e. The number of rotatable bonds is 2. The standard InChI is InChI=1S/C8H18N2O2S/c1-9(2)13(11,12)8-5-4-6-10(3)7-8/h8H,4-7H2,1-3H3. The molecule has 1 aliphatic heterocycles. The van der Waals surface area contributed by atoms with Crippen molar-refractivity contribution in [1.29, 1.82) is 0 Å². The van der Waals surface area contributed by atoms with Gasteiger partial charge in [-0.05, 0) is 26.4 Å². The molecule has 4 nitrogen and oxygen atoms in total. The predicted molar refractivity (Wildman–Crippen MR) is 53.1 cm³/mol. The highest BCUT2D eigenvalue weighted by atomic mass is 32.2. The van der Waals surface area contributed by atoms with Gasteiger partial charge < -0.3 is 4.90 Å². The number of hydrogen-bond donors (Lipinski definition) is 0. The molecule has 1 heterocycles. The Hall–Kier alpha value is -0.130. The Balaban J connectivity index is 2.71. The largest absolute Gasteiger partial charge is 0.305 e. The van der Waals surface area contributed by atoms with E-state index in [-0.39, 0.29) is 5.25 Å². The van der Waals surface area contributed by atoms with Crippen LogP contribution in [-0.4, -0.2) is 57.1 Å². The molecule has 0 saturated carbocycles. The highest BCUT2D eigenvalue weighted by Gasteiger charge is 2.30. The van der Waals surface area contributed by atoms with Crippen molar-refractivity contribution in [3.8, 4) is 0 Å². The Bertz CT molecular complexity index is 261. The Morgan fingerprint density at radius 3 is 2.46 bits per heavy atom. The Kier molecular flexibility index (Phi) is 3.32. The third kappa shape index (κ3) is 2.42. The van der Waals surface area contributed by atoms with E-state index in [2.05, 4.69) is 4.90 Å². The highest BCUT2D eigenvalue weighted by molar-refractivity contribution is 7.89. The van der Waals surface area contributed by atoms with Crippen molar-refractivity contribution in [2.24, 2.45) is 0 Å². The Labute approximate surface area is 80.6 Å². The van der Waals surface area contributed by atoms with Crippen molar-refractivity contribution < 1.29 is 8.42 Å². The molecule has 1 unspecified atom stereocenters. The monoisotopic (exact) mass is 206 g/mol. The van der Waals surface area contributed by atoms with Crippen molar-refractivity contribution in [2.75, 3.05) is 34.2 Å². The fraction of sp³-hybridized carbons (Fsp3) is 1.00. The van der Waals surface area contributed by atoms with Gasteiger partial charge in [0.25, 0.3) is 0 Å². The fourth-order valence-electron chi connectivity index (χ4n) is 1.66. The number of piperidine rings is 1. The number of hydrogen-bond acceptors (Lipinski definition) is 3. The van der Waals surface area contributed by atoms with Crippen LogP contribution < -0.4 is 0 Å². The molecular formula is C8H18N2O2S. The second-order valence-corrected chi connectivity index (χ2v) is 6.28. The molecule has 0 aliphatic carbocycles. The second kappa shape index (κ2) is 3.94. The molecule has 0 aromatic heterocycles. The first kappa shape index (κ1) is 10.9. The van der Waals surface area contributed by atoms with Crippen LogP contribution in [0, 0.1) is 0 Å². The van der Waals surface area contributed by atoms with Gasteiger partial charge in [-0.15, -0.1) is 0 Å². The zero-order valence-electron chi connectivity index (χ0n) is 8.52. The number of likely N-dealkylation sites (tertiary alicyclic amines) is 1. The summed E-state index contributed by atoms with van der Waals surface area (Å²) in [5.74, 6) is 0. The molecule has 1 aliphatic rings. The van der Waals surface area contributed by atoms with E-state index in [1.807, 2.05) is 7.05 Å². The van der Waals surface area contributed by atoms with Crippen molar-refractivity contribution in [3.63, 3.8) is 0 Å². The van der Waals surface area contributed by atoms with E-state index in [9.17, 15) is 8.42 Å². The molecule has 0 aromatic rings. The van der Waals surface area contributed by atoms with Crippen LogP contribution in [0.3, 0.4) is 0 Å². The molecular weight excluding hydrogens is 188 g/mol. The Morgan fingerprint density at radius 2 is 2.00 bits per heavy atom. The second-order valence-electron chi connectivity index (χ2n) is 3.85. The average Bonchev–Trinajstić information content (AvgIpc) is 2.04. The fourth-order valence-corrected chi connectivity index (χ4v) is 3.16. The van der Waals surface area contributed by atoms with Gasteiger partial charge in [0.05, 0.1) is 5.25 Å². The normalized spacial score (nSPS) is 26.6. The summed E-state index contributed by atoms with van der Waals surface area (Å²) in [5, 5.41) is -0.207. The van der Waals surface area contributed by atoms with Crippen molar-refractivity contribution >= 4 is 10.0 Å². The summed E-state index contributed by atoms with van der Waals surface area (Å²) in [5.41, 5.74) is 0. The van der Waals surface area contributed by atoms with Gasteiger partial charge in [-0.25, -0.2) is 12.7 Å². The quantitative estimate of drug-likeness (QED) is 0.637. The van der Waals surface area contributed by atoms with Crippen molar-refractivity contribution in [2.45, 2.75) is 18.1 Å². The maximum Gasteiger partial charge on any atom is 0.217 e. The minimum absolute atomic E-state index is 0.207. The third-order valence-corrected chi connectivity index (χ3v) is 4.76. The zero-order valence-corrected chi connectivity index (χ0v) is 9.34. The lowest BCUT2D eigenvalue weighted by molar-refractivity contribution is 0.274. The Morgan fingerprint density at radius 1 is 1.38 bits per heavy atom. The lowest BCUT2D eigenvalue weighted by atomic mass is 10.1. The summed E-state index contributed by atoms with van der Waals surface area (Å²) in [6.45, 7) is 1.68. The summed E-state index contributed by atoms with van der Waals surface area (Å²) in [4.78, 5) is 2.08. The predicted octanol–water partition coefficient (Wildman–Crippen LogP) is -0.0280. The summed E-state index contributed by atoms with van der Waals surface area (Å²) in [6.07, 6.45) is 1.78. The number of nitrogens with zero attached hydrogens (tertiary/aromatic N) is 2. The summed E-state index contributed by atoms with van der Waals surface area (Å²) in [7, 11) is 2.13. The first-order valence-corrected chi connectivity index (χ1v) is 6.05. The minimum atomic E-state index is -3.04. The summed E-state index contributed by atoms with van der Waals surface area (Å²) < 4.78 is 24.8. The van der Waals surface area contributed by atoms with Crippen LogP contribution in [0.4, 0.5) is 0 Å². The van der Waals surface area contributed by atoms with E-state index in [1.165, 1.54) is 4.31 Å². The van der Waals surface area contributed by atoms with E-state index in [0.717, 1.165) is 19.4 Å². The third-order valence-electron chi connectivity index (χ3n) is 2.51. The molecule has 0 spiro atoms. The van der Waals surface area contributed by atoms with Gasteiger partial charge in [0.15, 0.2) is 0 Å². The van der Waals surface area contributed by atoms with Crippen LogP contribution in [0.1, 0.15) is 12.8 Å². The molecule has 0 aromatic carbocycles. The molecule has 1 saturated heterocycles. The maximum atomic E-state index is 11.7. The van der Waals surface area contributed by atoms with Crippen LogP contribution in [0.2, 0.25) is 0 Å². The van der Waals surface area contributed by atoms with Crippen molar-refractivity contribution in [3.05, 3.63) is 0 Å². The van der Waals surface area contributed by atoms with Gasteiger partial charge >= 0.3 is 0 Å². The van der Waals surface area contributed by atoms with E-state index >= 15 is 0 Å². The first-order chi connectivity index (χ1) is 5.94. The minimum Gasteiger partial charge on any atom is -0.305 e. The molecule has 13 heavy (non-hydrogen) atoms. The van der Waals surface area contributed by atoms with Gasteiger partial charge in [-0.2, -0.15) is 0 Å². The lowest BCUT2D eigenvalue weighted by Gasteiger charge is -2.30. The van der Waals surface area contributed by atoms with E-state index in [4.69, 9.17) is 0 Å². The van der Waals surface area contributed by atoms with Crippen LogP contribution in [-0.2, 0) is 10.0 Å². The average molecular weight is 206 g/mol. The molecule has 0 amide bonds. The molecule has 5 heteroatoms. The number of sulfonamides is 1. The van der Waals surface area contributed by atoms with Crippen LogP contribution in [0.5, 0.6) is 0 Å². The SMILES string of the molecule is CN1CCCC(S(=O)(=O)N(C)C)C1. The lowest BCUT2D eigenvalue weighted by Crippen LogP contribution is -2.44. The summed E-state index contributed by atoms with van der Waals surface area (Å²) in [6, 6.07) is 0. The van der Waals surface area contributed by atoms with Crippen LogP contribution >= 0.6 is 0 Å². The van der Waals surface area contributed by atoms with Crippen LogP contribution in [0.15, 0.2) is 0 Å². The molecule has 78 valence electrons. The van der Waals surface area contributed by atoms with E-state index < -0.39 is 10.0 Å². The molecule has 1 rings (SSSR count). The molecule has 0 bridgehead atoms. The maximum absolute atomic E-state index is 11.7. The van der Waals surface area contributed by atoms with Gasteiger partial charge in [0, 0.05) is 20.6 Å². The molecule has 0 N–H and O–H groups in total. The van der Waals surface area contributed by atoms with Gasteiger partial charge in [-0.3, -0.25) is 0 Å². The van der Waals surface area contributed by atoms with Gasteiger partial charge in [-0.1, -0.05) is 0 Å². The van der Waals surface area contributed by atoms with Crippen LogP contribution in [0.25, 0.3) is 0 Å². The summed E-state index contributed by atoms with van der Waals surface area (Å²) >= 11 is 0. The van der Waals surface area contributed by atoms with Gasteiger partial charge in [0.1, 0.15) is 0 Å². The van der Waals surface area contributed by atoms with E-state index in [1.54, 1.807) is 14.1 Å². The zero-order chi connectivity index (χ0) is 10.1. The van der Waals surface area contributed by atoms with E-state index in [0.29, 0.717) is 6.54 Å². The first-order valence-electron chi connectivity index (χ1n) is 4.54. The van der Waals surface area contributed by atoms with Crippen molar-refractivity contribution in [1.82, 2.24) is 9.21 Å². The topological polar surface area (TPSA) is 40.6 Å².